The number of ether oxygens (including phenoxy) is 2. The van der Waals surface area contributed by atoms with Gasteiger partial charge in [-0.15, -0.1) is 0 Å². The van der Waals surface area contributed by atoms with Crippen molar-refractivity contribution in [1.29, 1.82) is 0 Å². The van der Waals surface area contributed by atoms with Crippen molar-refractivity contribution in [3.05, 3.63) is 64.7 Å². The van der Waals surface area contributed by atoms with E-state index in [4.69, 9.17) is 15.2 Å². The second-order valence-electron chi connectivity index (χ2n) is 6.55. The Kier molecular flexibility index (Phi) is 6.21. The van der Waals surface area contributed by atoms with Gasteiger partial charge in [-0.2, -0.15) is 5.10 Å². The van der Waals surface area contributed by atoms with Crippen molar-refractivity contribution >= 4 is 17.3 Å². The van der Waals surface area contributed by atoms with Gasteiger partial charge in [0.15, 0.2) is 0 Å². The first-order valence-corrected chi connectivity index (χ1v) is 8.97. The van der Waals surface area contributed by atoms with Gasteiger partial charge >= 0.3 is 0 Å². The minimum Gasteiger partial charge on any atom is -0.399 e. The Hall–Kier alpha value is -2.70. The van der Waals surface area contributed by atoms with Gasteiger partial charge in [0, 0.05) is 32.0 Å². The van der Waals surface area contributed by atoms with E-state index in [1.807, 2.05) is 12.1 Å². The Morgan fingerprint density at radius 2 is 1.89 bits per heavy atom. The van der Waals surface area contributed by atoms with Crippen LogP contribution < -0.4 is 5.73 Å². The maximum Gasteiger partial charge on any atom is 0.274 e. The molecule has 0 aliphatic carbocycles. The van der Waals surface area contributed by atoms with Crippen molar-refractivity contribution in [2.75, 3.05) is 26.5 Å². The van der Waals surface area contributed by atoms with Crippen molar-refractivity contribution in [3.63, 3.8) is 0 Å². The molecule has 0 spiro atoms. The highest BCUT2D eigenvalue weighted by Gasteiger charge is 2.21. The minimum absolute atomic E-state index is 0.132. The van der Waals surface area contributed by atoms with E-state index in [2.05, 4.69) is 11.2 Å². The molecule has 0 bridgehead atoms. The van der Waals surface area contributed by atoms with Gasteiger partial charge in [-0.1, -0.05) is 18.2 Å². The molecular weight excluding hydrogens is 342 g/mol. The zero-order valence-corrected chi connectivity index (χ0v) is 15.8. The molecule has 27 heavy (non-hydrogen) atoms. The molecule has 1 heterocycles. The Labute approximate surface area is 159 Å². The summed E-state index contributed by atoms with van der Waals surface area (Å²) < 4.78 is 10.6. The zero-order valence-electron chi connectivity index (χ0n) is 15.8. The van der Waals surface area contributed by atoms with E-state index in [-0.39, 0.29) is 5.91 Å². The van der Waals surface area contributed by atoms with Gasteiger partial charge in [0.05, 0.1) is 18.9 Å². The summed E-state index contributed by atoms with van der Waals surface area (Å²) in [4.78, 5) is 12.8. The number of amides is 1. The predicted octanol–water partition coefficient (Wildman–Crippen LogP) is 3.20. The Morgan fingerprint density at radius 1 is 1.11 bits per heavy atom. The van der Waals surface area contributed by atoms with E-state index in [0.717, 1.165) is 35.2 Å². The number of hydrazone groups is 1. The number of anilines is 1. The summed E-state index contributed by atoms with van der Waals surface area (Å²) >= 11 is 0. The molecule has 0 aromatic heterocycles. The number of rotatable bonds is 6. The fourth-order valence-electron chi connectivity index (χ4n) is 3.20. The van der Waals surface area contributed by atoms with Gasteiger partial charge in [0.2, 0.25) is 0 Å². The lowest BCUT2D eigenvalue weighted by molar-refractivity contribution is 0.0751. The lowest BCUT2D eigenvalue weighted by Gasteiger charge is -2.24. The first kappa shape index (κ1) is 19.1. The van der Waals surface area contributed by atoms with E-state index >= 15 is 0 Å². The molecule has 3 rings (SSSR count). The molecule has 0 radical (unpaired) electrons. The number of carbonyl (C=O) groups is 1. The highest BCUT2D eigenvalue weighted by Crippen LogP contribution is 2.21. The summed E-state index contributed by atoms with van der Waals surface area (Å²) in [5.41, 5.74) is 11.0. The standard InChI is InChI=1S/C21H25N3O3/c1-26-13-17-9-8-15(11-18(17)14-27-2)20-7-4-10-24(23-20)21(25)16-5-3-6-19(22)12-16/h3,5-6,8-9,11-12H,4,7,10,13-14,22H2,1-2H3. The van der Waals surface area contributed by atoms with E-state index in [1.54, 1.807) is 38.5 Å². The van der Waals surface area contributed by atoms with Gasteiger partial charge < -0.3 is 15.2 Å². The van der Waals surface area contributed by atoms with E-state index < -0.39 is 0 Å². The number of hydrogen-bond acceptors (Lipinski definition) is 5. The van der Waals surface area contributed by atoms with Gasteiger partial charge in [0.25, 0.3) is 5.91 Å². The quantitative estimate of drug-likeness (QED) is 0.796. The van der Waals surface area contributed by atoms with Crippen LogP contribution in [-0.2, 0) is 22.7 Å². The maximum atomic E-state index is 12.8. The average molecular weight is 367 g/mol. The molecule has 142 valence electrons. The normalized spacial score (nSPS) is 14.1. The third kappa shape index (κ3) is 4.53. The smallest absolute Gasteiger partial charge is 0.274 e. The maximum absolute atomic E-state index is 12.8. The molecule has 0 saturated heterocycles. The molecule has 6 heteroatoms. The summed E-state index contributed by atoms with van der Waals surface area (Å²) in [6.07, 6.45) is 1.70. The van der Waals surface area contributed by atoms with Crippen LogP contribution in [0.25, 0.3) is 0 Å². The first-order chi connectivity index (χ1) is 13.1. The van der Waals surface area contributed by atoms with Gasteiger partial charge in [-0.05, 0) is 53.8 Å². The Morgan fingerprint density at radius 3 is 2.63 bits per heavy atom. The van der Waals surface area contributed by atoms with Crippen LogP contribution in [0.5, 0.6) is 0 Å². The molecule has 0 saturated carbocycles. The molecular formula is C21H25N3O3. The monoisotopic (exact) mass is 367 g/mol. The van der Waals surface area contributed by atoms with Gasteiger partial charge in [0.1, 0.15) is 0 Å². The fourth-order valence-corrected chi connectivity index (χ4v) is 3.20. The molecule has 0 atom stereocenters. The molecule has 1 amide bonds. The zero-order chi connectivity index (χ0) is 19.2. The summed E-state index contributed by atoms with van der Waals surface area (Å²) in [6.45, 7) is 1.64. The predicted molar refractivity (Wildman–Crippen MR) is 106 cm³/mol. The number of methoxy groups -OCH3 is 2. The van der Waals surface area contributed by atoms with Crippen LogP contribution in [0.1, 0.15) is 39.9 Å². The third-order valence-corrected chi connectivity index (χ3v) is 4.53. The fraction of sp³-hybridized carbons (Fsp3) is 0.333. The molecule has 6 nitrogen and oxygen atoms in total. The third-order valence-electron chi connectivity index (χ3n) is 4.53. The molecule has 2 N–H and O–H groups in total. The molecule has 2 aromatic carbocycles. The van der Waals surface area contributed by atoms with E-state index in [9.17, 15) is 4.79 Å². The largest absolute Gasteiger partial charge is 0.399 e. The highest BCUT2D eigenvalue weighted by molar-refractivity contribution is 6.03. The SMILES string of the molecule is COCc1ccc(C2=NN(C(=O)c3cccc(N)c3)CCC2)cc1COC. The Bertz CT molecular complexity index is 848. The second-order valence-corrected chi connectivity index (χ2v) is 6.55. The van der Waals surface area contributed by atoms with Crippen molar-refractivity contribution in [2.24, 2.45) is 5.10 Å². The average Bonchev–Trinajstić information content (AvgIpc) is 2.69. The topological polar surface area (TPSA) is 77.2 Å². The van der Waals surface area contributed by atoms with Crippen LogP contribution in [0.4, 0.5) is 5.69 Å². The lowest BCUT2D eigenvalue weighted by atomic mass is 9.99. The molecule has 1 aliphatic rings. The Balaban J connectivity index is 1.87. The van der Waals surface area contributed by atoms with E-state index in [0.29, 0.717) is 31.0 Å². The van der Waals surface area contributed by atoms with Crippen LogP contribution in [0, 0.1) is 0 Å². The summed E-state index contributed by atoms with van der Waals surface area (Å²) in [5.74, 6) is -0.132. The van der Waals surface area contributed by atoms with Crippen LogP contribution in [-0.4, -0.2) is 37.4 Å². The number of carbonyl (C=O) groups excluding carboxylic acids is 1. The number of nitrogen functional groups attached to an aromatic ring is 1. The number of benzene rings is 2. The molecule has 1 aliphatic heterocycles. The van der Waals surface area contributed by atoms with Crippen molar-refractivity contribution in [1.82, 2.24) is 5.01 Å². The van der Waals surface area contributed by atoms with Crippen molar-refractivity contribution < 1.29 is 14.3 Å². The summed E-state index contributed by atoms with van der Waals surface area (Å²) in [6, 6.07) is 13.1. The van der Waals surface area contributed by atoms with Crippen LogP contribution in [0.3, 0.4) is 0 Å². The molecule has 0 fully saturated rings. The highest BCUT2D eigenvalue weighted by atomic mass is 16.5. The number of nitrogens with zero attached hydrogens (tertiary/aromatic N) is 2. The number of hydrogen-bond donors (Lipinski definition) is 1. The molecule has 0 unspecified atom stereocenters. The van der Waals surface area contributed by atoms with Gasteiger partial charge in [-0.25, -0.2) is 5.01 Å². The van der Waals surface area contributed by atoms with Crippen LogP contribution in [0.15, 0.2) is 47.6 Å². The van der Waals surface area contributed by atoms with Crippen molar-refractivity contribution in [2.45, 2.75) is 26.1 Å². The minimum atomic E-state index is -0.132. The van der Waals surface area contributed by atoms with Crippen molar-refractivity contribution in [3.8, 4) is 0 Å². The molecule has 2 aromatic rings. The summed E-state index contributed by atoms with van der Waals surface area (Å²) in [5, 5.41) is 6.16. The second kappa shape index (κ2) is 8.79. The van der Waals surface area contributed by atoms with E-state index in [1.165, 1.54) is 5.01 Å². The van der Waals surface area contributed by atoms with Crippen LogP contribution in [0.2, 0.25) is 0 Å². The lowest BCUT2D eigenvalue weighted by Crippen LogP contribution is -2.32. The van der Waals surface area contributed by atoms with Gasteiger partial charge in [-0.3, -0.25) is 4.79 Å². The van der Waals surface area contributed by atoms with Crippen LogP contribution >= 0.6 is 0 Å². The number of nitrogens with two attached hydrogens (primary N) is 1. The first-order valence-electron chi connectivity index (χ1n) is 8.97. The summed E-state index contributed by atoms with van der Waals surface area (Å²) in [7, 11) is 3.35.